The molecule has 24 heavy (non-hydrogen) atoms. The van der Waals surface area contributed by atoms with E-state index in [-0.39, 0.29) is 11.7 Å². The third-order valence-electron chi connectivity index (χ3n) is 3.57. The summed E-state index contributed by atoms with van der Waals surface area (Å²) in [6, 6.07) is 12.3. The molecule has 2 aromatic carbocycles. The Bertz CT molecular complexity index is 866. The van der Waals surface area contributed by atoms with Crippen LogP contribution in [0, 0.1) is 0 Å². The first-order valence-corrected chi connectivity index (χ1v) is 7.66. The number of ether oxygens (including phenoxy) is 2. The summed E-state index contributed by atoms with van der Waals surface area (Å²) in [5, 5.41) is 4.20. The standard InChI is InChI=1S/C18H16ClNO4/c1-22-14-5-11(6-15(9-14)23-2)10-20-18(21)17-8-12-7-13(19)3-4-16(12)24-17/h3-9H,10H2,1-2H3,(H,20,21). The Balaban J connectivity index is 1.74. The topological polar surface area (TPSA) is 60.7 Å². The Hall–Kier alpha value is -2.66. The number of carbonyl (C=O) groups excluding carboxylic acids is 1. The monoisotopic (exact) mass is 345 g/mol. The molecule has 5 nitrogen and oxygen atoms in total. The summed E-state index contributed by atoms with van der Waals surface area (Å²) >= 11 is 5.94. The number of furan rings is 1. The van der Waals surface area contributed by atoms with Gasteiger partial charge in [-0.1, -0.05) is 11.6 Å². The number of methoxy groups -OCH3 is 2. The molecule has 0 atom stereocenters. The average molecular weight is 346 g/mol. The van der Waals surface area contributed by atoms with Crippen molar-refractivity contribution in [3.8, 4) is 11.5 Å². The molecule has 3 rings (SSSR count). The summed E-state index contributed by atoms with van der Waals surface area (Å²) in [5.74, 6) is 1.26. The molecular weight excluding hydrogens is 330 g/mol. The zero-order valence-corrected chi connectivity index (χ0v) is 14.0. The molecule has 1 N–H and O–H groups in total. The van der Waals surface area contributed by atoms with Crippen LogP contribution < -0.4 is 14.8 Å². The second-order valence-corrected chi connectivity index (χ2v) is 5.63. The third kappa shape index (κ3) is 3.46. The Morgan fingerprint density at radius 3 is 2.46 bits per heavy atom. The maximum absolute atomic E-state index is 12.3. The molecule has 0 saturated carbocycles. The summed E-state index contributed by atoms with van der Waals surface area (Å²) in [5.41, 5.74) is 1.48. The van der Waals surface area contributed by atoms with E-state index in [1.54, 1.807) is 44.6 Å². The average Bonchev–Trinajstić information content (AvgIpc) is 3.02. The van der Waals surface area contributed by atoms with E-state index < -0.39 is 0 Å². The van der Waals surface area contributed by atoms with Gasteiger partial charge >= 0.3 is 0 Å². The lowest BCUT2D eigenvalue weighted by Crippen LogP contribution is -2.22. The highest BCUT2D eigenvalue weighted by atomic mass is 35.5. The molecule has 0 aliphatic carbocycles. The van der Waals surface area contributed by atoms with Gasteiger partial charge in [0.15, 0.2) is 5.76 Å². The molecule has 0 fully saturated rings. The smallest absolute Gasteiger partial charge is 0.287 e. The molecule has 0 radical (unpaired) electrons. The first-order valence-electron chi connectivity index (χ1n) is 7.28. The summed E-state index contributed by atoms with van der Waals surface area (Å²) in [6.07, 6.45) is 0. The van der Waals surface area contributed by atoms with Crippen LogP contribution in [0.2, 0.25) is 5.02 Å². The Morgan fingerprint density at radius 2 is 1.79 bits per heavy atom. The highest BCUT2D eigenvalue weighted by Gasteiger charge is 2.13. The number of nitrogens with one attached hydrogen (secondary N) is 1. The van der Waals surface area contributed by atoms with Crippen LogP contribution in [0.4, 0.5) is 0 Å². The van der Waals surface area contributed by atoms with Crippen molar-refractivity contribution in [1.82, 2.24) is 5.32 Å². The van der Waals surface area contributed by atoms with Crippen molar-refractivity contribution in [2.45, 2.75) is 6.54 Å². The fraction of sp³-hybridized carbons (Fsp3) is 0.167. The SMILES string of the molecule is COc1cc(CNC(=O)c2cc3cc(Cl)ccc3o2)cc(OC)c1. The zero-order chi connectivity index (χ0) is 17.1. The molecule has 124 valence electrons. The Kier molecular flexibility index (Phi) is 4.62. The largest absolute Gasteiger partial charge is 0.497 e. The van der Waals surface area contributed by atoms with E-state index in [1.165, 1.54) is 0 Å². The van der Waals surface area contributed by atoms with Crippen LogP contribution >= 0.6 is 11.6 Å². The van der Waals surface area contributed by atoms with Gasteiger partial charge in [-0.3, -0.25) is 4.79 Å². The molecule has 1 aromatic heterocycles. The number of halogens is 1. The van der Waals surface area contributed by atoms with Crippen molar-refractivity contribution in [2.75, 3.05) is 14.2 Å². The van der Waals surface area contributed by atoms with E-state index in [2.05, 4.69) is 5.32 Å². The summed E-state index contributed by atoms with van der Waals surface area (Å²) in [6.45, 7) is 0.324. The van der Waals surface area contributed by atoms with Crippen LogP contribution in [0.5, 0.6) is 11.5 Å². The third-order valence-corrected chi connectivity index (χ3v) is 3.80. The number of benzene rings is 2. The molecule has 0 bridgehead atoms. The number of hydrogen-bond acceptors (Lipinski definition) is 4. The summed E-state index contributed by atoms with van der Waals surface area (Å²) < 4.78 is 16.0. The second-order valence-electron chi connectivity index (χ2n) is 5.20. The van der Waals surface area contributed by atoms with Crippen LogP contribution in [0.15, 0.2) is 46.9 Å². The van der Waals surface area contributed by atoms with Crippen molar-refractivity contribution in [3.05, 3.63) is 58.8 Å². The lowest BCUT2D eigenvalue weighted by Gasteiger charge is -2.09. The van der Waals surface area contributed by atoms with Gasteiger partial charge in [-0.25, -0.2) is 0 Å². The molecule has 0 unspecified atom stereocenters. The van der Waals surface area contributed by atoms with Crippen LogP contribution in [0.1, 0.15) is 16.1 Å². The fourth-order valence-corrected chi connectivity index (χ4v) is 2.54. The van der Waals surface area contributed by atoms with Gasteiger partial charge in [-0.05, 0) is 42.0 Å². The van der Waals surface area contributed by atoms with E-state index in [1.807, 2.05) is 12.1 Å². The molecule has 1 heterocycles. The number of amides is 1. The van der Waals surface area contributed by atoms with Gasteiger partial charge in [-0.15, -0.1) is 0 Å². The molecule has 0 aliphatic heterocycles. The van der Waals surface area contributed by atoms with Crippen molar-refractivity contribution >= 4 is 28.5 Å². The molecule has 0 aliphatic rings. The zero-order valence-electron chi connectivity index (χ0n) is 13.3. The molecule has 1 amide bonds. The van der Waals surface area contributed by atoms with Gasteiger partial charge in [-0.2, -0.15) is 0 Å². The van der Waals surface area contributed by atoms with Gasteiger partial charge in [0.2, 0.25) is 0 Å². The number of rotatable bonds is 5. The minimum atomic E-state index is -0.302. The number of carbonyl (C=O) groups is 1. The van der Waals surface area contributed by atoms with Crippen LogP contribution in [-0.4, -0.2) is 20.1 Å². The Morgan fingerprint density at radius 1 is 1.08 bits per heavy atom. The van der Waals surface area contributed by atoms with E-state index in [0.29, 0.717) is 28.6 Å². The molecule has 0 saturated heterocycles. The highest BCUT2D eigenvalue weighted by Crippen LogP contribution is 2.24. The van der Waals surface area contributed by atoms with Gasteiger partial charge in [0.1, 0.15) is 17.1 Å². The van der Waals surface area contributed by atoms with Gasteiger partial charge in [0, 0.05) is 23.0 Å². The Labute approximate surface area is 144 Å². The van der Waals surface area contributed by atoms with E-state index >= 15 is 0 Å². The lowest BCUT2D eigenvalue weighted by atomic mass is 10.2. The first-order chi connectivity index (χ1) is 11.6. The number of fused-ring (bicyclic) bond motifs is 1. The maximum atomic E-state index is 12.3. The first kappa shape index (κ1) is 16.2. The highest BCUT2D eigenvalue weighted by molar-refractivity contribution is 6.31. The van der Waals surface area contributed by atoms with Gasteiger partial charge in [0.25, 0.3) is 5.91 Å². The van der Waals surface area contributed by atoms with E-state index in [4.69, 9.17) is 25.5 Å². The maximum Gasteiger partial charge on any atom is 0.287 e. The number of hydrogen-bond donors (Lipinski definition) is 1. The predicted octanol–water partition coefficient (Wildman–Crippen LogP) is 4.03. The van der Waals surface area contributed by atoms with Crippen LogP contribution in [-0.2, 0) is 6.54 Å². The quantitative estimate of drug-likeness (QED) is 0.758. The molecular formula is C18H16ClNO4. The van der Waals surface area contributed by atoms with Crippen molar-refractivity contribution < 1.29 is 18.7 Å². The molecule has 3 aromatic rings. The van der Waals surface area contributed by atoms with E-state index in [0.717, 1.165) is 10.9 Å². The summed E-state index contributed by atoms with van der Waals surface area (Å²) in [4.78, 5) is 12.3. The van der Waals surface area contributed by atoms with Gasteiger partial charge < -0.3 is 19.2 Å². The minimum Gasteiger partial charge on any atom is -0.497 e. The molecule has 0 spiro atoms. The van der Waals surface area contributed by atoms with Crippen molar-refractivity contribution in [1.29, 1.82) is 0 Å². The van der Waals surface area contributed by atoms with Crippen molar-refractivity contribution in [3.63, 3.8) is 0 Å². The lowest BCUT2D eigenvalue weighted by molar-refractivity contribution is 0.0925. The van der Waals surface area contributed by atoms with Crippen LogP contribution in [0.3, 0.4) is 0 Å². The summed E-state index contributed by atoms with van der Waals surface area (Å²) in [7, 11) is 3.16. The molecule has 6 heteroatoms. The van der Waals surface area contributed by atoms with Crippen molar-refractivity contribution in [2.24, 2.45) is 0 Å². The normalized spacial score (nSPS) is 10.6. The minimum absolute atomic E-state index is 0.238. The van der Waals surface area contributed by atoms with Gasteiger partial charge in [0.05, 0.1) is 14.2 Å². The fourth-order valence-electron chi connectivity index (χ4n) is 2.36. The van der Waals surface area contributed by atoms with Crippen LogP contribution in [0.25, 0.3) is 11.0 Å². The second kappa shape index (κ2) is 6.84. The van der Waals surface area contributed by atoms with E-state index in [9.17, 15) is 4.79 Å². The predicted molar refractivity (Wildman–Crippen MR) is 91.9 cm³/mol.